The molecule has 5 heterocycles. The first-order valence-corrected chi connectivity index (χ1v) is 13.0. The van der Waals surface area contributed by atoms with Crippen molar-refractivity contribution in [1.82, 2.24) is 38.9 Å². The lowest BCUT2D eigenvalue weighted by atomic mass is 10.3. The Hall–Kier alpha value is -4.06. The zero-order valence-electron chi connectivity index (χ0n) is 21.9. The average molecular weight is 518 g/mol. The number of nitrogens with zero attached hydrogens (tertiary/aromatic N) is 9. The van der Waals surface area contributed by atoms with Crippen LogP contribution >= 0.6 is 0 Å². The Morgan fingerprint density at radius 3 is 2.53 bits per heavy atom. The number of para-hydroxylation sites is 2. The third-order valence-electron chi connectivity index (χ3n) is 7.33. The summed E-state index contributed by atoms with van der Waals surface area (Å²) in [5.74, 6) is 2.73. The van der Waals surface area contributed by atoms with E-state index in [0.717, 1.165) is 34.9 Å². The summed E-state index contributed by atoms with van der Waals surface area (Å²) in [6, 6.07) is 8.00. The van der Waals surface area contributed by atoms with Crippen molar-refractivity contribution in [3.05, 3.63) is 35.9 Å². The number of ether oxygens (including phenoxy) is 1. The highest BCUT2D eigenvalue weighted by Crippen LogP contribution is 2.29. The zero-order valence-corrected chi connectivity index (χ0v) is 21.9. The normalized spacial score (nSPS) is 16.7. The fraction of sp³-hybridized carbons (Fsp3) is 0.462. The molecule has 2 aliphatic heterocycles. The fourth-order valence-electron chi connectivity index (χ4n) is 5.17. The molecular weight excluding hydrogens is 486 g/mol. The van der Waals surface area contributed by atoms with Gasteiger partial charge in [0, 0.05) is 46.6 Å². The van der Waals surface area contributed by atoms with Gasteiger partial charge in [0.1, 0.15) is 11.6 Å². The van der Waals surface area contributed by atoms with E-state index < -0.39 is 0 Å². The van der Waals surface area contributed by atoms with Gasteiger partial charge in [0.15, 0.2) is 17.0 Å². The van der Waals surface area contributed by atoms with Crippen LogP contribution in [0, 0.1) is 0 Å². The number of hydrogen-bond donors (Lipinski definition) is 0. The lowest BCUT2D eigenvalue weighted by Gasteiger charge is -2.33. The summed E-state index contributed by atoms with van der Waals surface area (Å²) in [5.41, 5.74) is 3.24. The quantitative estimate of drug-likeness (QED) is 0.389. The first-order chi connectivity index (χ1) is 18.4. The molecule has 0 atom stereocenters. The van der Waals surface area contributed by atoms with Crippen LogP contribution in [0.4, 0.5) is 5.82 Å². The predicted molar refractivity (Wildman–Crippen MR) is 141 cm³/mol. The first kappa shape index (κ1) is 24.3. The SMILES string of the molecule is CCc1nc2ccccc2n1-c1nc(N2CCOCC2)c2nc(CN3CCN(C(C)=O)CC3=O)n(C)c2n1. The highest BCUT2D eigenvalue weighted by Gasteiger charge is 2.28. The molecule has 2 fully saturated rings. The van der Waals surface area contributed by atoms with Crippen LogP contribution in [0.5, 0.6) is 0 Å². The number of piperazine rings is 1. The number of rotatable bonds is 5. The molecule has 0 radical (unpaired) electrons. The van der Waals surface area contributed by atoms with Crippen LogP contribution in [0.25, 0.3) is 28.1 Å². The number of aryl methyl sites for hydroxylation is 2. The topological polar surface area (TPSA) is 115 Å². The van der Waals surface area contributed by atoms with Crippen LogP contribution < -0.4 is 4.90 Å². The van der Waals surface area contributed by atoms with Crippen molar-refractivity contribution >= 4 is 39.8 Å². The number of imidazole rings is 2. The van der Waals surface area contributed by atoms with E-state index in [4.69, 9.17) is 24.7 Å². The maximum atomic E-state index is 12.8. The third kappa shape index (κ3) is 4.14. The van der Waals surface area contributed by atoms with E-state index >= 15 is 0 Å². The molecule has 4 aromatic rings. The summed E-state index contributed by atoms with van der Waals surface area (Å²) in [6.07, 6.45) is 0.730. The van der Waals surface area contributed by atoms with E-state index in [-0.39, 0.29) is 18.4 Å². The number of carbonyl (C=O) groups excluding carboxylic acids is 2. The number of amides is 2. The van der Waals surface area contributed by atoms with Gasteiger partial charge in [-0.3, -0.25) is 14.2 Å². The number of morpholine rings is 1. The molecule has 2 amide bonds. The minimum Gasteiger partial charge on any atom is -0.378 e. The van der Waals surface area contributed by atoms with Crippen LogP contribution in [0.2, 0.25) is 0 Å². The van der Waals surface area contributed by atoms with Gasteiger partial charge in [-0.05, 0) is 12.1 Å². The Balaban J connectivity index is 1.46. The Kier molecular flexibility index (Phi) is 6.18. The van der Waals surface area contributed by atoms with Crippen LogP contribution in [0.3, 0.4) is 0 Å². The lowest BCUT2D eigenvalue weighted by Crippen LogP contribution is -2.51. The zero-order chi connectivity index (χ0) is 26.4. The molecule has 0 unspecified atom stereocenters. The summed E-state index contributed by atoms with van der Waals surface area (Å²) in [4.78, 5) is 49.9. The first-order valence-electron chi connectivity index (χ1n) is 13.0. The molecule has 2 aliphatic rings. The average Bonchev–Trinajstić information content (AvgIpc) is 3.47. The number of fused-ring (bicyclic) bond motifs is 2. The van der Waals surface area contributed by atoms with Gasteiger partial charge in [-0.1, -0.05) is 19.1 Å². The van der Waals surface area contributed by atoms with E-state index in [1.165, 1.54) is 6.92 Å². The highest BCUT2D eigenvalue weighted by atomic mass is 16.5. The molecule has 3 aromatic heterocycles. The van der Waals surface area contributed by atoms with E-state index in [0.29, 0.717) is 63.0 Å². The van der Waals surface area contributed by atoms with Gasteiger partial charge in [-0.2, -0.15) is 9.97 Å². The Morgan fingerprint density at radius 1 is 1.00 bits per heavy atom. The fourth-order valence-corrected chi connectivity index (χ4v) is 5.17. The largest absolute Gasteiger partial charge is 0.378 e. The van der Waals surface area contributed by atoms with Gasteiger partial charge >= 0.3 is 0 Å². The minimum atomic E-state index is -0.0869. The van der Waals surface area contributed by atoms with Gasteiger partial charge in [0.25, 0.3) is 0 Å². The molecule has 1 aromatic carbocycles. The molecule has 0 N–H and O–H groups in total. The maximum absolute atomic E-state index is 12.8. The van der Waals surface area contributed by atoms with Crippen LogP contribution in [0.1, 0.15) is 25.5 Å². The van der Waals surface area contributed by atoms with Crippen molar-refractivity contribution in [2.45, 2.75) is 26.8 Å². The van der Waals surface area contributed by atoms with Crippen LogP contribution in [0.15, 0.2) is 24.3 Å². The standard InChI is InChI=1S/C26H31N9O3/c1-4-20-27-18-7-5-6-8-19(18)35(20)26-29-24-23(25(30-26)32-11-13-38-14-12-32)28-21(31(24)3)15-34-10-9-33(17(2)36)16-22(34)37/h5-8H,4,9-16H2,1-3H3. The molecule has 2 saturated heterocycles. The Labute approximate surface area is 219 Å². The molecule has 12 heteroatoms. The van der Waals surface area contributed by atoms with Crippen molar-refractivity contribution in [3.63, 3.8) is 0 Å². The van der Waals surface area contributed by atoms with Gasteiger partial charge in [-0.15, -0.1) is 0 Å². The Morgan fingerprint density at radius 2 is 1.79 bits per heavy atom. The number of carbonyl (C=O) groups is 2. The van der Waals surface area contributed by atoms with Gasteiger partial charge in [-0.25, -0.2) is 9.97 Å². The van der Waals surface area contributed by atoms with Crippen LogP contribution in [-0.4, -0.2) is 96.6 Å². The Bertz CT molecular complexity index is 1540. The number of hydrogen-bond acceptors (Lipinski definition) is 8. The summed E-state index contributed by atoms with van der Waals surface area (Å²) in [7, 11) is 1.92. The van der Waals surface area contributed by atoms with Gasteiger partial charge < -0.3 is 24.0 Å². The smallest absolute Gasteiger partial charge is 0.242 e. The second kappa shape index (κ2) is 9.67. The van der Waals surface area contributed by atoms with Crippen molar-refractivity contribution in [1.29, 1.82) is 0 Å². The van der Waals surface area contributed by atoms with E-state index in [1.54, 1.807) is 9.80 Å². The monoisotopic (exact) mass is 517 g/mol. The van der Waals surface area contributed by atoms with Crippen LogP contribution in [-0.2, 0) is 34.3 Å². The van der Waals surface area contributed by atoms with E-state index in [2.05, 4.69) is 11.8 Å². The third-order valence-corrected chi connectivity index (χ3v) is 7.33. The van der Waals surface area contributed by atoms with E-state index in [9.17, 15) is 9.59 Å². The lowest BCUT2D eigenvalue weighted by molar-refractivity contribution is -0.144. The molecule has 38 heavy (non-hydrogen) atoms. The second-order valence-corrected chi connectivity index (χ2v) is 9.67. The van der Waals surface area contributed by atoms with Crippen molar-refractivity contribution in [3.8, 4) is 5.95 Å². The molecule has 0 saturated carbocycles. The minimum absolute atomic E-state index is 0.0860. The molecule has 0 aliphatic carbocycles. The number of aromatic nitrogens is 6. The second-order valence-electron chi connectivity index (χ2n) is 9.67. The predicted octanol–water partition coefficient (Wildman–Crippen LogP) is 1.29. The van der Waals surface area contributed by atoms with E-state index in [1.807, 2.05) is 40.4 Å². The maximum Gasteiger partial charge on any atom is 0.242 e. The van der Waals surface area contributed by atoms with Crippen molar-refractivity contribution in [2.24, 2.45) is 7.05 Å². The van der Waals surface area contributed by atoms with Gasteiger partial charge in [0.05, 0.1) is 37.3 Å². The number of anilines is 1. The molecule has 0 spiro atoms. The van der Waals surface area contributed by atoms with Crippen molar-refractivity contribution < 1.29 is 14.3 Å². The molecular formula is C26H31N9O3. The van der Waals surface area contributed by atoms with Gasteiger partial charge in [0.2, 0.25) is 17.8 Å². The summed E-state index contributed by atoms with van der Waals surface area (Å²) in [5, 5.41) is 0. The molecule has 12 nitrogen and oxygen atoms in total. The summed E-state index contributed by atoms with van der Waals surface area (Å²) in [6.45, 7) is 7.61. The summed E-state index contributed by atoms with van der Waals surface area (Å²) >= 11 is 0. The molecule has 0 bridgehead atoms. The van der Waals surface area contributed by atoms with Crippen molar-refractivity contribution in [2.75, 3.05) is 50.8 Å². The number of benzene rings is 1. The summed E-state index contributed by atoms with van der Waals surface area (Å²) < 4.78 is 9.57. The highest BCUT2D eigenvalue weighted by molar-refractivity contribution is 5.87. The molecule has 198 valence electrons. The molecule has 6 rings (SSSR count).